The lowest BCUT2D eigenvalue weighted by molar-refractivity contribution is -0.260. The van der Waals surface area contributed by atoms with E-state index in [0.717, 1.165) is 19.3 Å². The molecule has 2 aromatic heterocycles. The number of aromatic nitrogens is 3. The van der Waals surface area contributed by atoms with Gasteiger partial charge in [0.25, 0.3) is 0 Å². The highest BCUT2D eigenvalue weighted by Crippen LogP contribution is 2.69. The zero-order valence-corrected chi connectivity index (χ0v) is 16.8. The molecule has 9 nitrogen and oxygen atoms in total. The summed E-state index contributed by atoms with van der Waals surface area (Å²) in [6.45, 7) is -0.295. The number of alkyl halides is 2. The smallest absolute Gasteiger partial charge is 0.232 e. The molecule has 2 atom stereocenters. The second-order valence-corrected chi connectivity index (χ2v) is 8.81. The number of amides is 1. The molecule has 2 aromatic rings. The fraction of sp³-hybridized carbons (Fsp3) is 0.556. The first-order chi connectivity index (χ1) is 14.4. The Bertz CT molecular complexity index is 929. The van der Waals surface area contributed by atoms with E-state index >= 15 is 0 Å². The molecule has 0 radical (unpaired) electrons. The number of nitrogens with one attached hydrogen (secondary N) is 1. The van der Waals surface area contributed by atoms with Crippen molar-refractivity contribution < 1.29 is 27.8 Å². The first kappa shape index (κ1) is 19.5. The topological polar surface area (TPSA) is 98.7 Å². The second-order valence-electron chi connectivity index (χ2n) is 7.82. The maximum absolute atomic E-state index is 13.3. The minimum atomic E-state index is -1.73. The van der Waals surface area contributed by atoms with Crippen LogP contribution in [0.1, 0.15) is 19.3 Å². The van der Waals surface area contributed by atoms with E-state index in [2.05, 4.69) is 25.0 Å². The van der Waals surface area contributed by atoms with Gasteiger partial charge in [-0.05, 0) is 19.3 Å². The average molecular weight is 439 g/mol. The monoisotopic (exact) mass is 439 g/mol. The molecule has 1 aliphatic heterocycles. The highest BCUT2D eigenvalue weighted by molar-refractivity contribution is 7.17. The predicted octanol–water partition coefficient (Wildman–Crippen LogP) is 2.66. The Hall–Kier alpha value is -2.44. The summed E-state index contributed by atoms with van der Waals surface area (Å²) in [6, 6.07) is 0. The maximum atomic E-state index is 13.3. The molecule has 30 heavy (non-hydrogen) atoms. The molecule has 1 N–H and O–H groups in total. The molecule has 4 fully saturated rings. The Labute approximate surface area is 174 Å². The van der Waals surface area contributed by atoms with Crippen LogP contribution in [0, 0.1) is 5.41 Å². The SMILES string of the molecule is COC12CC(C(=O)Nc3ncc(Oc4cnc(N5CC(F)OC(F)C5)nc4)s3)(C1)C2. The van der Waals surface area contributed by atoms with Crippen LogP contribution in [-0.4, -0.2) is 59.4 Å². The van der Waals surface area contributed by atoms with E-state index in [-0.39, 0.29) is 36.0 Å². The Morgan fingerprint density at radius 1 is 1.20 bits per heavy atom. The second kappa shape index (κ2) is 7.06. The third-order valence-corrected chi connectivity index (χ3v) is 6.53. The van der Waals surface area contributed by atoms with Crippen molar-refractivity contribution in [2.24, 2.45) is 5.41 Å². The summed E-state index contributed by atoms with van der Waals surface area (Å²) in [5.74, 6) is 0.474. The standard InChI is InChI=1S/C18H19F2N5O4S/c1-27-18-7-17(8-18,9-18)14(26)24-16-23-4-13(30-16)28-10-2-21-15(22-3-10)25-5-11(19)29-12(20)6-25/h2-4,11-12H,5-9H2,1H3,(H,23,24,26). The number of hydrogen-bond acceptors (Lipinski definition) is 9. The zero-order chi connectivity index (χ0) is 20.9. The van der Waals surface area contributed by atoms with E-state index in [1.54, 1.807) is 7.11 Å². The summed E-state index contributed by atoms with van der Waals surface area (Å²) in [7, 11) is 1.68. The van der Waals surface area contributed by atoms with Crippen LogP contribution in [0.3, 0.4) is 0 Å². The molecular weight excluding hydrogens is 420 g/mol. The first-order valence-corrected chi connectivity index (χ1v) is 10.2. The number of carbonyl (C=O) groups is 1. The average Bonchev–Trinajstić information content (AvgIpc) is 3.06. The van der Waals surface area contributed by atoms with Crippen LogP contribution in [0.25, 0.3) is 0 Å². The lowest BCUT2D eigenvalue weighted by atomic mass is 9.41. The van der Waals surface area contributed by atoms with Crippen LogP contribution in [0.15, 0.2) is 18.6 Å². The van der Waals surface area contributed by atoms with Gasteiger partial charge in [0, 0.05) is 7.11 Å². The lowest BCUT2D eigenvalue weighted by Gasteiger charge is -2.67. The van der Waals surface area contributed by atoms with Crippen molar-refractivity contribution in [1.82, 2.24) is 15.0 Å². The number of halogens is 2. The van der Waals surface area contributed by atoms with Gasteiger partial charge in [0.1, 0.15) is 0 Å². The largest absolute Gasteiger partial charge is 0.442 e. The molecule has 2 bridgehead atoms. The number of anilines is 2. The summed E-state index contributed by atoms with van der Waals surface area (Å²) in [6.07, 6.45) is 3.08. The van der Waals surface area contributed by atoms with Crippen molar-refractivity contribution in [2.75, 3.05) is 30.4 Å². The van der Waals surface area contributed by atoms with Gasteiger partial charge >= 0.3 is 0 Å². The number of hydrogen-bond donors (Lipinski definition) is 1. The number of ether oxygens (including phenoxy) is 3. The minimum Gasteiger partial charge on any atom is -0.442 e. The van der Waals surface area contributed by atoms with Crippen LogP contribution < -0.4 is 15.0 Å². The van der Waals surface area contributed by atoms with Gasteiger partial charge in [-0.2, -0.15) is 0 Å². The third kappa shape index (κ3) is 3.38. The van der Waals surface area contributed by atoms with Gasteiger partial charge in [-0.15, -0.1) is 0 Å². The van der Waals surface area contributed by atoms with Crippen molar-refractivity contribution in [1.29, 1.82) is 0 Å². The Balaban J connectivity index is 1.17. The fourth-order valence-corrected chi connectivity index (χ4v) is 4.90. The summed E-state index contributed by atoms with van der Waals surface area (Å²) in [5.41, 5.74) is -0.429. The van der Waals surface area contributed by atoms with Crippen LogP contribution in [0.4, 0.5) is 19.9 Å². The zero-order valence-electron chi connectivity index (χ0n) is 16.0. The Morgan fingerprint density at radius 3 is 2.50 bits per heavy atom. The highest BCUT2D eigenvalue weighted by atomic mass is 32.1. The molecule has 0 spiro atoms. The summed E-state index contributed by atoms with van der Waals surface area (Å²) in [5, 5.41) is 3.74. The molecule has 3 aliphatic carbocycles. The molecule has 12 heteroatoms. The van der Waals surface area contributed by atoms with Crippen molar-refractivity contribution >= 4 is 28.3 Å². The van der Waals surface area contributed by atoms with E-state index < -0.39 is 12.7 Å². The van der Waals surface area contributed by atoms with Crippen molar-refractivity contribution in [3.05, 3.63) is 18.6 Å². The molecule has 3 saturated carbocycles. The van der Waals surface area contributed by atoms with Crippen LogP contribution >= 0.6 is 11.3 Å². The molecule has 160 valence electrons. The van der Waals surface area contributed by atoms with Gasteiger partial charge in [0.05, 0.1) is 42.7 Å². The molecular formula is C18H19F2N5O4S. The first-order valence-electron chi connectivity index (χ1n) is 9.40. The number of methoxy groups -OCH3 is 1. The van der Waals surface area contributed by atoms with E-state index in [1.165, 1.54) is 34.8 Å². The number of morpholine rings is 1. The summed E-state index contributed by atoms with van der Waals surface area (Å²) in [4.78, 5) is 26.2. The number of carbonyl (C=O) groups excluding carboxylic acids is 1. The van der Waals surface area contributed by atoms with E-state index in [1.807, 2.05) is 0 Å². The van der Waals surface area contributed by atoms with Crippen LogP contribution in [0.5, 0.6) is 10.8 Å². The van der Waals surface area contributed by atoms with Gasteiger partial charge in [0.2, 0.25) is 29.6 Å². The predicted molar refractivity (Wildman–Crippen MR) is 102 cm³/mol. The van der Waals surface area contributed by atoms with Gasteiger partial charge in [-0.25, -0.2) is 23.7 Å². The van der Waals surface area contributed by atoms with Gasteiger partial charge < -0.3 is 24.4 Å². The minimum absolute atomic E-state index is 0.0437. The number of thiazole rings is 1. The Kier molecular flexibility index (Phi) is 4.60. The van der Waals surface area contributed by atoms with E-state index in [4.69, 9.17) is 9.47 Å². The van der Waals surface area contributed by atoms with Crippen molar-refractivity contribution in [3.8, 4) is 10.8 Å². The fourth-order valence-electron chi connectivity index (χ4n) is 4.22. The molecule has 4 aliphatic rings. The number of rotatable bonds is 6. The van der Waals surface area contributed by atoms with Crippen molar-refractivity contribution in [3.63, 3.8) is 0 Å². The molecule has 1 amide bonds. The van der Waals surface area contributed by atoms with Crippen LogP contribution in [-0.2, 0) is 14.3 Å². The molecule has 6 rings (SSSR count). The van der Waals surface area contributed by atoms with Gasteiger partial charge in [-0.3, -0.25) is 4.79 Å². The summed E-state index contributed by atoms with van der Waals surface area (Å²) >= 11 is 1.18. The lowest BCUT2D eigenvalue weighted by Crippen LogP contribution is -2.72. The number of nitrogens with zero attached hydrogens (tertiary/aromatic N) is 4. The van der Waals surface area contributed by atoms with Gasteiger partial charge in [-0.1, -0.05) is 11.3 Å². The molecule has 0 aromatic carbocycles. The normalized spacial score (nSPS) is 32.2. The molecule has 3 heterocycles. The van der Waals surface area contributed by atoms with Crippen molar-refractivity contribution in [2.45, 2.75) is 37.6 Å². The molecule has 2 unspecified atom stereocenters. The molecule has 1 saturated heterocycles. The highest BCUT2D eigenvalue weighted by Gasteiger charge is 2.72. The maximum Gasteiger partial charge on any atom is 0.232 e. The summed E-state index contributed by atoms with van der Waals surface area (Å²) < 4.78 is 42.2. The van der Waals surface area contributed by atoms with Gasteiger partial charge in [0.15, 0.2) is 10.9 Å². The quantitative estimate of drug-likeness (QED) is 0.734. The Morgan fingerprint density at radius 2 is 1.87 bits per heavy atom. The van der Waals surface area contributed by atoms with Crippen LogP contribution in [0.2, 0.25) is 0 Å². The van der Waals surface area contributed by atoms with E-state index in [0.29, 0.717) is 15.9 Å². The van der Waals surface area contributed by atoms with E-state index in [9.17, 15) is 13.6 Å². The third-order valence-electron chi connectivity index (χ3n) is 5.74.